The number of aryl methyl sites for hydroxylation is 2. The van der Waals surface area contributed by atoms with Gasteiger partial charge in [0.2, 0.25) is 0 Å². The Morgan fingerprint density at radius 3 is 1.79 bits per heavy atom. The quantitative estimate of drug-likeness (QED) is 0.352. The molecule has 0 spiro atoms. The second-order valence-electron chi connectivity index (χ2n) is 7.10. The Morgan fingerprint density at radius 2 is 1.30 bits per heavy atom. The number of azo groups is 1. The lowest BCUT2D eigenvalue weighted by molar-refractivity contribution is 0.0697. The molecule has 0 radical (unpaired) electrons. The number of hydrogen-bond acceptors (Lipinski definition) is 5. The first-order valence-corrected chi connectivity index (χ1v) is 10.3. The van der Waals surface area contributed by atoms with Crippen LogP contribution in [0, 0.1) is 13.8 Å². The number of nitrogens with zero attached hydrogens (tertiary/aromatic N) is 4. The van der Waals surface area contributed by atoms with Crippen LogP contribution in [0.4, 0.5) is 11.4 Å². The number of hydrogen-bond donors (Lipinski definition) is 3. The van der Waals surface area contributed by atoms with Gasteiger partial charge in [0.05, 0.1) is 38.4 Å². The molecule has 0 amide bonds. The number of rotatable bonds is 5. The SMILES string of the molecule is Cc1[nH]n(-c2ccc(C(=O)O)cc2)c(=O)c1N=Nc1c(C)[nH]n(-c2ccc(Cl)c(Cl)c2)c1=O. The van der Waals surface area contributed by atoms with Gasteiger partial charge in [-0.1, -0.05) is 23.2 Å². The maximum Gasteiger partial charge on any atom is 0.335 e. The number of halogens is 2. The van der Waals surface area contributed by atoms with Crippen molar-refractivity contribution in [3.05, 3.63) is 90.2 Å². The number of aromatic nitrogens is 4. The Kier molecular flexibility index (Phi) is 5.79. The maximum atomic E-state index is 12.9. The van der Waals surface area contributed by atoms with Crippen LogP contribution in [0.2, 0.25) is 10.0 Å². The zero-order valence-electron chi connectivity index (χ0n) is 17.3. The predicted molar refractivity (Wildman–Crippen MR) is 123 cm³/mol. The van der Waals surface area contributed by atoms with Crippen molar-refractivity contribution in [3.63, 3.8) is 0 Å². The van der Waals surface area contributed by atoms with Gasteiger partial charge in [-0.05, 0) is 56.3 Å². The molecule has 0 bridgehead atoms. The van der Waals surface area contributed by atoms with Crippen LogP contribution in [0.15, 0.2) is 62.3 Å². The monoisotopic (exact) mass is 486 g/mol. The average molecular weight is 487 g/mol. The van der Waals surface area contributed by atoms with E-state index in [1.54, 1.807) is 26.0 Å². The number of carbonyl (C=O) groups is 1. The van der Waals surface area contributed by atoms with E-state index in [1.165, 1.54) is 39.7 Å². The number of benzene rings is 2. The number of nitrogens with one attached hydrogen (secondary N) is 2. The standard InChI is InChI=1S/C21H16Cl2N6O4/c1-10-17(19(30)28(26-10)13-5-3-12(4-6-13)21(32)33)24-25-18-11(2)27-29(20(18)31)14-7-8-15(22)16(23)9-14/h3-9,26-27H,1-2H3,(H,32,33). The van der Waals surface area contributed by atoms with Gasteiger partial charge in [0.15, 0.2) is 11.4 Å². The Morgan fingerprint density at radius 1 is 0.818 bits per heavy atom. The third-order valence-corrected chi connectivity index (χ3v) is 5.60. The summed E-state index contributed by atoms with van der Waals surface area (Å²) in [5, 5.41) is 23.5. The highest BCUT2D eigenvalue weighted by Crippen LogP contribution is 2.25. The summed E-state index contributed by atoms with van der Waals surface area (Å²) in [5.41, 5.74) is 0.896. The highest BCUT2D eigenvalue weighted by atomic mass is 35.5. The molecule has 12 heteroatoms. The zero-order chi connectivity index (χ0) is 23.9. The van der Waals surface area contributed by atoms with Gasteiger partial charge < -0.3 is 5.11 Å². The molecule has 4 rings (SSSR count). The van der Waals surface area contributed by atoms with E-state index in [1.807, 2.05) is 0 Å². The van der Waals surface area contributed by atoms with Crippen LogP contribution in [0.1, 0.15) is 21.7 Å². The van der Waals surface area contributed by atoms with E-state index in [4.69, 9.17) is 28.3 Å². The number of H-pyrrole nitrogens is 2. The van der Waals surface area contributed by atoms with Gasteiger partial charge in [-0.3, -0.25) is 19.8 Å². The highest BCUT2D eigenvalue weighted by molar-refractivity contribution is 6.42. The first-order valence-electron chi connectivity index (χ1n) is 9.51. The third-order valence-electron chi connectivity index (χ3n) is 4.86. The molecule has 0 aliphatic carbocycles. The summed E-state index contributed by atoms with van der Waals surface area (Å²) < 4.78 is 2.46. The van der Waals surface area contributed by atoms with Crippen molar-refractivity contribution in [1.29, 1.82) is 0 Å². The van der Waals surface area contributed by atoms with Crippen LogP contribution in [0.25, 0.3) is 11.4 Å². The zero-order valence-corrected chi connectivity index (χ0v) is 18.8. The van der Waals surface area contributed by atoms with Gasteiger partial charge in [0.1, 0.15) is 0 Å². The van der Waals surface area contributed by atoms with Gasteiger partial charge in [-0.2, -0.15) is 0 Å². The minimum Gasteiger partial charge on any atom is -0.478 e. The van der Waals surface area contributed by atoms with Crippen molar-refractivity contribution in [2.75, 3.05) is 0 Å². The summed E-state index contributed by atoms with van der Waals surface area (Å²) in [6.45, 7) is 3.28. The molecule has 2 heterocycles. The fourth-order valence-electron chi connectivity index (χ4n) is 3.15. The molecule has 168 valence electrons. The van der Waals surface area contributed by atoms with Gasteiger partial charge >= 0.3 is 5.97 Å². The third kappa shape index (κ3) is 4.13. The molecule has 0 saturated carbocycles. The van der Waals surface area contributed by atoms with E-state index in [2.05, 4.69) is 20.4 Å². The van der Waals surface area contributed by atoms with Crippen molar-refractivity contribution in [2.45, 2.75) is 13.8 Å². The number of aromatic amines is 2. The maximum absolute atomic E-state index is 12.9. The Bertz CT molecular complexity index is 1530. The normalized spacial score (nSPS) is 11.4. The Labute approximate surface area is 195 Å². The molecule has 2 aromatic carbocycles. The fraction of sp³-hybridized carbons (Fsp3) is 0.0952. The minimum absolute atomic E-state index is 0.0124. The van der Waals surface area contributed by atoms with Crippen LogP contribution in [0.5, 0.6) is 0 Å². The van der Waals surface area contributed by atoms with Gasteiger partial charge in [0.25, 0.3) is 11.1 Å². The Hall–Kier alpha value is -3.89. The van der Waals surface area contributed by atoms with Crippen LogP contribution in [0.3, 0.4) is 0 Å². The fourth-order valence-corrected chi connectivity index (χ4v) is 3.44. The molecule has 0 fully saturated rings. The van der Waals surface area contributed by atoms with Crippen LogP contribution < -0.4 is 11.1 Å². The van der Waals surface area contributed by atoms with E-state index < -0.39 is 17.1 Å². The van der Waals surface area contributed by atoms with Crippen LogP contribution in [-0.2, 0) is 0 Å². The molecule has 2 aromatic heterocycles. The average Bonchev–Trinajstić information content (AvgIpc) is 3.23. The predicted octanol–water partition coefficient (Wildman–Crippen LogP) is 4.68. The van der Waals surface area contributed by atoms with E-state index in [-0.39, 0.29) is 22.0 Å². The summed E-state index contributed by atoms with van der Waals surface area (Å²) in [6.07, 6.45) is 0. The van der Waals surface area contributed by atoms with Gasteiger partial charge in [0, 0.05) is 0 Å². The molecular weight excluding hydrogens is 471 g/mol. The molecular formula is C21H16Cl2N6O4. The van der Waals surface area contributed by atoms with Crippen molar-refractivity contribution in [1.82, 2.24) is 19.6 Å². The Balaban J connectivity index is 1.70. The molecule has 0 saturated heterocycles. The molecule has 33 heavy (non-hydrogen) atoms. The summed E-state index contributed by atoms with van der Waals surface area (Å²) in [7, 11) is 0. The van der Waals surface area contributed by atoms with Gasteiger partial charge in [-0.15, -0.1) is 10.2 Å². The second-order valence-corrected chi connectivity index (χ2v) is 7.92. The molecule has 10 nitrogen and oxygen atoms in total. The molecule has 0 aliphatic heterocycles. The lowest BCUT2D eigenvalue weighted by Crippen LogP contribution is -2.14. The first kappa shape index (κ1) is 22.3. The van der Waals surface area contributed by atoms with Crippen molar-refractivity contribution in [3.8, 4) is 11.4 Å². The van der Waals surface area contributed by atoms with E-state index in [0.717, 1.165) is 0 Å². The number of carboxylic acids is 1. The summed E-state index contributed by atoms with van der Waals surface area (Å²) in [6, 6.07) is 10.5. The van der Waals surface area contributed by atoms with Gasteiger partial charge in [-0.25, -0.2) is 14.2 Å². The molecule has 0 aliphatic rings. The topological polar surface area (TPSA) is 138 Å². The molecule has 0 atom stereocenters. The number of aromatic carboxylic acids is 1. The highest BCUT2D eigenvalue weighted by Gasteiger charge is 2.16. The van der Waals surface area contributed by atoms with Crippen LogP contribution >= 0.6 is 23.2 Å². The minimum atomic E-state index is -1.07. The smallest absolute Gasteiger partial charge is 0.335 e. The van der Waals surface area contributed by atoms with E-state index in [0.29, 0.717) is 27.8 Å². The second kappa shape index (κ2) is 8.57. The lowest BCUT2D eigenvalue weighted by atomic mass is 10.2. The van der Waals surface area contributed by atoms with E-state index >= 15 is 0 Å². The van der Waals surface area contributed by atoms with Crippen LogP contribution in [-0.4, -0.2) is 30.6 Å². The lowest BCUT2D eigenvalue weighted by Gasteiger charge is -2.02. The molecule has 3 N–H and O–H groups in total. The first-order chi connectivity index (χ1) is 15.7. The molecule has 0 unspecified atom stereocenters. The van der Waals surface area contributed by atoms with Crippen molar-refractivity contribution < 1.29 is 9.90 Å². The largest absolute Gasteiger partial charge is 0.478 e. The summed E-state index contributed by atoms with van der Waals surface area (Å²) in [4.78, 5) is 36.7. The van der Waals surface area contributed by atoms with E-state index in [9.17, 15) is 14.4 Å². The summed E-state index contributed by atoms with van der Waals surface area (Å²) >= 11 is 12.0. The van der Waals surface area contributed by atoms with Crippen molar-refractivity contribution >= 4 is 40.5 Å². The number of carboxylic acid groups (broad SMARTS) is 1. The molecule has 4 aromatic rings. The van der Waals surface area contributed by atoms with Crippen molar-refractivity contribution in [2.24, 2.45) is 10.2 Å². The summed E-state index contributed by atoms with van der Waals surface area (Å²) in [5.74, 6) is -1.07.